The van der Waals surface area contributed by atoms with Crippen LogP contribution in [0.15, 0.2) is 63.7 Å². The van der Waals surface area contributed by atoms with Gasteiger partial charge in [0.15, 0.2) is 11.6 Å². The van der Waals surface area contributed by atoms with Crippen molar-refractivity contribution in [1.29, 1.82) is 0 Å². The SMILES string of the molecule is Cc1cc(N2C(=O)C(O)=C(C(=O)c3cccs3)[C@@H]2c2cccc([N+](=O)[O-])c2)no1. The molecule has 0 aliphatic carbocycles. The number of aryl methyl sites for hydroxylation is 1. The van der Waals surface area contributed by atoms with Crippen LogP contribution in [0, 0.1) is 17.0 Å². The Morgan fingerprint density at radius 1 is 1.31 bits per heavy atom. The van der Waals surface area contributed by atoms with Crippen LogP contribution in [0.2, 0.25) is 0 Å². The number of benzene rings is 1. The predicted octanol–water partition coefficient (Wildman–Crippen LogP) is 3.74. The van der Waals surface area contributed by atoms with Gasteiger partial charge in [-0.25, -0.2) is 0 Å². The smallest absolute Gasteiger partial charge is 0.295 e. The largest absolute Gasteiger partial charge is 0.503 e. The molecule has 4 rings (SSSR count). The molecule has 0 bridgehead atoms. The topological polar surface area (TPSA) is 127 Å². The average Bonchev–Trinajstić information content (AvgIpc) is 3.43. The third-order valence-electron chi connectivity index (χ3n) is 4.46. The fraction of sp³-hybridized carbons (Fsp3) is 0.105. The van der Waals surface area contributed by atoms with E-state index < -0.39 is 28.4 Å². The first-order valence-electron chi connectivity index (χ1n) is 8.41. The normalized spacial score (nSPS) is 16.5. The molecule has 9 nitrogen and oxygen atoms in total. The minimum Gasteiger partial charge on any atom is -0.503 e. The molecule has 10 heteroatoms. The summed E-state index contributed by atoms with van der Waals surface area (Å²) in [7, 11) is 0. The first-order valence-corrected chi connectivity index (χ1v) is 9.29. The van der Waals surface area contributed by atoms with Crippen molar-refractivity contribution in [3.8, 4) is 0 Å². The minimum absolute atomic E-state index is 0.0875. The van der Waals surface area contributed by atoms with Crippen LogP contribution in [-0.4, -0.2) is 26.9 Å². The molecule has 2 aromatic heterocycles. The molecule has 0 spiro atoms. The molecule has 0 unspecified atom stereocenters. The Morgan fingerprint density at radius 2 is 2.10 bits per heavy atom. The summed E-state index contributed by atoms with van der Waals surface area (Å²) in [5.41, 5.74) is -0.0868. The number of nitro benzene ring substituents is 1. The molecule has 0 saturated heterocycles. The van der Waals surface area contributed by atoms with Gasteiger partial charge in [0.2, 0.25) is 5.78 Å². The van der Waals surface area contributed by atoms with Gasteiger partial charge in [-0.3, -0.25) is 24.6 Å². The van der Waals surface area contributed by atoms with Gasteiger partial charge < -0.3 is 9.63 Å². The quantitative estimate of drug-likeness (QED) is 0.385. The summed E-state index contributed by atoms with van der Waals surface area (Å²) >= 11 is 1.16. The number of hydrogen-bond acceptors (Lipinski definition) is 8. The van der Waals surface area contributed by atoms with Crippen LogP contribution in [0.4, 0.5) is 11.5 Å². The number of Topliss-reactive ketones (excluding diaryl/α,β-unsaturated/α-hetero) is 1. The fourth-order valence-corrected chi connectivity index (χ4v) is 3.88. The van der Waals surface area contributed by atoms with E-state index in [9.17, 15) is 24.8 Å². The second-order valence-corrected chi connectivity index (χ2v) is 7.24. The average molecular weight is 411 g/mol. The van der Waals surface area contributed by atoms with Gasteiger partial charge in [0.25, 0.3) is 11.6 Å². The number of nitrogens with zero attached hydrogens (tertiary/aromatic N) is 3. The van der Waals surface area contributed by atoms with E-state index in [1.165, 1.54) is 24.3 Å². The monoisotopic (exact) mass is 411 g/mol. The van der Waals surface area contributed by atoms with Gasteiger partial charge in [-0.05, 0) is 23.9 Å². The summed E-state index contributed by atoms with van der Waals surface area (Å²) < 4.78 is 5.04. The lowest BCUT2D eigenvalue weighted by molar-refractivity contribution is -0.384. The number of thiophene rings is 1. The second-order valence-electron chi connectivity index (χ2n) is 6.29. The lowest BCUT2D eigenvalue weighted by Crippen LogP contribution is -2.31. The number of nitro groups is 1. The van der Waals surface area contributed by atoms with Crippen molar-refractivity contribution >= 4 is 34.5 Å². The van der Waals surface area contributed by atoms with Gasteiger partial charge in [0.1, 0.15) is 5.76 Å². The third-order valence-corrected chi connectivity index (χ3v) is 5.33. The van der Waals surface area contributed by atoms with Crippen LogP contribution < -0.4 is 4.90 Å². The lowest BCUT2D eigenvalue weighted by Gasteiger charge is -2.24. The molecule has 1 aliphatic heterocycles. The number of amides is 1. The maximum Gasteiger partial charge on any atom is 0.295 e. The van der Waals surface area contributed by atoms with Crippen molar-refractivity contribution in [3.05, 3.63) is 85.5 Å². The molecule has 0 saturated carbocycles. The Bertz CT molecular complexity index is 1160. The number of ketones is 1. The van der Waals surface area contributed by atoms with Gasteiger partial charge >= 0.3 is 0 Å². The van der Waals surface area contributed by atoms with Crippen molar-refractivity contribution in [2.24, 2.45) is 0 Å². The van der Waals surface area contributed by atoms with E-state index in [1.54, 1.807) is 30.5 Å². The molecule has 29 heavy (non-hydrogen) atoms. The number of aliphatic hydroxyl groups is 1. The first-order chi connectivity index (χ1) is 13.9. The first kappa shape index (κ1) is 18.6. The van der Waals surface area contributed by atoms with Crippen LogP contribution in [0.25, 0.3) is 0 Å². The van der Waals surface area contributed by atoms with E-state index in [-0.39, 0.29) is 22.6 Å². The van der Waals surface area contributed by atoms with Crippen LogP contribution in [0.3, 0.4) is 0 Å². The Balaban J connectivity index is 1.90. The molecule has 146 valence electrons. The zero-order chi connectivity index (χ0) is 20.7. The predicted molar refractivity (Wildman–Crippen MR) is 103 cm³/mol. The number of aliphatic hydroxyl groups excluding tert-OH is 1. The van der Waals surface area contributed by atoms with E-state index in [0.717, 1.165) is 16.2 Å². The number of aromatic nitrogens is 1. The van der Waals surface area contributed by atoms with Crippen LogP contribution in [0.1, 0.15) is 27.0 Å². The maximum atomic E-state index is 13.1. The molecular formula is C19H13N3O6S. The summed E-state index contributed by atoms with van der Waals surface area (Å²) in [6.07, 6.45) is 0. The van der Waals surface area contributed by atoms with Crippen molar-refractivity contribution in [2.75, 3.05) is 4.90 Å². The van der Waals surface area contributed by atoms with Gasteiger partial charge in [-0.15, -0.1) is 11.3 Å². The van der Waals surface area contributed by atoms with E-state index in [1.807, 2.05) is 0 Å². The molecule has 3 heterocycles. The van der Waals surface area contributed by atoms with Gasteiger partial charge in [-0.2, -0.15) is 0 Å². The number of rotatable bonds is 5. The molecule has 0 fully saturated rings. The van der Waals surface area contributed by atoms with Crippen molar-refractivity contribution in [2.45, 2.75) is 13.0 Å². The van der Waals surface area contributed by atoms with Crippen molar-refractivity contribution < 1.29 is 24.1 Å². The van der Waals surface area contributed by atoms with Gasteiger partial charge in [0.05, 0.1) is 21.4 Å². The van der Waals surface area contributed by atoms with Crippen molar-refractivity contribution in [1.82, 2.24) is 5.16 Å². The molecule has 3 aromatic rings. The summed E-state index contributed by atoms with van der Waals surface area (Å²) in [4.78, 5) is 38.0. The highest BCUT2D eigenvalue weighted by Crippen LogP contribution is 2.42. The highest BCUT2D eigenvalue weighted by atomic mass is 32.1. The Morgan fingerprint density at radius 3 is 2.72 bits per heavy atom. The zero-order valence-corrected chi connectivity index (χ0v) is 15.8. The molecule has 1 aliphatic rings. The van der Waals surface area contributed by atoms with E-state index in [2.05, 4.69) is 5.16 Å². The molecule has 0 radical (unpaired) electrons. The van der Waals surface area contributed by atoms with Crippen LogP contribution in [0.5, 0.6) is 0 Å². The maximum absolute atomic E-state index is 13.1. The summed E-state index contributed by atoms with van der Waals surface area (Å²) in [6, 6.07) is 9.19. The highest BCUT2D eigenvalue weighted by molar-refractivity contribution is 7.12. The standard InChI is InChI=1S/C19H13N3O6S/c1-10-8-14(20-28-10)21-16(11-4-2-5-12(9-11)22(26)27)15(18(24)19(21)25)17(23)13-6-3-7-29-13/h2-9,16,24H,1H3/t16-/m0/s1. The highest BCUT2D eigenvalue weighted by Gasteiger charge is 2.46. The minimum atomic E-state index is -1.10. The number of carbonyl (C=O) groups excluding carboxylic acids is 2. The number of non-ortho nitro benzene ring substituents is 1. The Kier molecular flexibility index (Phi) is 4.47. The van der Waals surface area contributed by atoms with E-state index >= 15 is 0 Å². The molecule has 1 N–H and O–H groups in total. The number of hydrogen-bond donors (Lipinski definition) is 1. The van der Waals surface area contributed by atoms with Crippen LogP contribution in [-0.2, 0) is 4.79 Å². The Hall–Kier alpha value is -3.79. The second kappa shape index (κ2) is 6.99. The Labute approximate surface area is 167 Å². The summed E-state index contributed by atoms with van der Waals surface area (Å²) in [5, 5.41) is 27.3. The van der Waals surface area contributed by atoms with Crippen LogP contribution >= 0.6 is 11.3 Å². The van der Waals surface area contributed by atoms with Crippen molar-refractivity contribution in [3.63, 3.8) is 0 Å². The number of anilines is 1. The molecule has 1 aromatic carbocycles. The third kappa shape index (κ3) is 3.09. The summed E-state index contributed by atoms with van der Waals surface area (Å²) in [5.74, 6) is -1.59. The number of carbonyl (C=O) groups is 2. The molecular weight excluding hydrogens is 398 g/mol. The zero-order valence-electron chi connectivity index (χ0n) is 14.9. The van der Waals surface area contributed by atoms with Gasteiger partial charge in [-0.1, -0.05) is 23.4 Å². The lowest BCUT2D eigenvalue weighted by atomic mass is 9.95. The molecule has 1 atom stereocenters. The van der Waals surface area contributed by atoms with E-state index in [0.29, 0.717) is 10.6 Å². The summed E-state index contributed by atoms with van der Waals surface area (Å²) in [6.45, 7) is 1.63. The fourth-order valence-electron chi connectivity index (χ4n) is 3.20. The van der Waals surface area contributed by atoms with E-state index in [4.69, 9.17) is 4.52 Å². The van der Waals surface area contributed by atoms with Gasteiger partial charge in [0, 0.05) is 18.2 Å². The molecule has 1 amide bonds.